The van der Waals surface area contributed by atoms with Gasteiger partial charge in [0.15, 0.2) is 5.78 Å². The van der Waals surface area contributed by atoms with E-state index in [1.54, 1.807) is 6.08 Å². The molecule has 1 saturated heterocycles. The molecular weight excluding hydrogens is 460 g/mol. The number of nitrogens with zero attached hydrogens (tertiary/aromatic N) is 1. The Kier molecular flexibility index (Phi) is 9.21. The molecule has 0 aromatic heterocycles. The summed E-state index contributed by atoms with van der Waals surface area (Å²) in [7, 11) is 0. The van der Waals surface area contributed by atoms with Crippen molar-refractivity contribution in [1.29, 1.82) is 5.41 Å². The number of carbonyl (C=O) groups excluding carboxylic acids is 2. The number of benzene rings is 2. The minimum absolute atomic E-state index is 0.0285. The van der Waals surface area contributed by atoms with Crippen LogP contribution in [0.3, 0.4) is 0 Å². The van der Waals surface area contributed by atoms with Crippen LogP contribution in [0.15, 0.2) is 48.0 Å². The molecule has 1 amide bonds. The van der Waals surface area contributed by atoms with Crippen molar-refractivity contribution in [3.63, 3.8) is 0 Å². The first kappa shape index (κ1) is 28.5. The number of hydrogen-bond donors (Lipinski definition) is 3. The van der Waals surface area contributed by atoms with E-state index in [4.69, 9.17) is 5.41 Å². The van der Waals surface area contributed by atoms with Crippen molar-refractivity contribution in [2.45, 2.75) is 72.9 Å². The highest BCUT2D eigenvalue weighted by Gasteiger charge is 2.21. The standard InChI is InChI=1S/C31H42N4O2/c1-8-24(22(4)36)16-29(32)28-17-27(10-9-20(28)2)34-30(37)25-13-23(14-26(15-25)31(5,6)7)19-35-12-11-33-21(3)18-35/h9-10,13-17,21,32-33H,8,11-12,18-19H2,1-7H3,(H,34,37)/b24-16+,32-29?. The lowest BCUT2D eigenvalue weighted by Gasteiger charge is -2.32. The molecule has 0 saturated carbocycles. The molecule has 0 radical (unpaired) electrons. The second kappa shape index (κ2) is 12.0. The fourth-order valence-electron chi connectivity index (χ4n) is 4.66. The van der Waals surface area contributed by atoms with Crippen LogP contribution in [0.2, 0.25) is 0 Å². The van der Waals surface area contributed by atoms with Crippen molar-refractivity contribution in [3.05, 3.63) is 75.9 Å². The van der Waals surface area contributed by atoms with E-state index < -0.39 is 0 Å². The van der Waals surface area contributed by atoms with Gasteiger partial charge in [-0.1, -0.05) is 39.8 Å². The van der Waals surface area contributed by atoms with Crippen LogP contribution in [0.1, 0.15) is 80.6 Å². The molecule has 2 aromatic carbocycles. The van der Waals surface area contributed by atoms with E-state index in [1.165, 1.54) is 6.92 Å². The van der Waals surface area contributed by atoms with Gasteiger partial charge in [-0.15, -0.1) is 0 Å². The maximum absolute atomic E-state index is 13.4. The van der Waals surface area contributed by atoms with Crippen LogP contribution in [0, 0.1) is 12.3 Å². The molecule has 1 heterocycles. The highest BCUT2D eigenvalue weighted by Crippen LogP contribution is 2.26. The van der Waals surface area contributed by atoms with Crippen molar-refractivity contribution in [1.82, 2.24) is 10.2 Å². The second-order valence-corrected chi connectivity index (χ2v) is 11.2. The first-order valence-corrected chi connectivity index (χ1v) is 13.2. The van der Waals surface area contributed by atoms with E-state index in [2.05, 4.69) is 49.3 Å². The number of nitrogens with one attached hydrogen (secondary N) is 3. The third kappa shape index (κ3) is 7.70. The average molecular weight is 503 g/mol. The molecule has 198 valence electrons. The van der Waals surface area contributed by atoms with Crippen molar-refractivity contribution < 1.29 is 9.59 Å². The van der Waals surface area contributed by atoms with E-state index >= 15 is 0 Å². The number of amides is 1. The molecule has 1 aliphatic rings. The predicted molar refractivity (Wildman–Crippen MR) is 153 cm³/mol. The quantitative estimate of drug-likeness (QED) is 0.323. The van der Waals surface area contributed by atoms with Gasteiger partial charge in [-0.25, -0.2) is 0 Å². The zero-order valence-corrected chi connectivity index (χ0v) is 23.4. The zero-order chi connectivity index (χ0) is 27.3. The van der Waals surface area contributed by atoms with Crippen LogP contribution in [-0.2, 0) is 16.8 Å². The molecule has 1 fully saturated rings. The molecule has 1 atom stereocenters. The highest BCUT2D eigenvalue weighted by atomic mass is 16.1. The number of hydrogen-bond acceptors (Lipinski definition) is 5. The summed E-state index contributed by atoms with van der Waals surface area (Å²) in [6.07, 6.45) is 2.21. The largest absolute Gasteiger partial charge is 0.322 e. The Morgan fingerprint density at radius 3 is 2.54 bits per heavy atom. The maximum atomic E-state index is 13.4. The van der Waals surface area contributed by atoms with E-state index in [0.29, 0.717) is 34.9 Å². The van der Waals surface area contributed by atoms with Crippen LogP contribution >= 0.6 is 0 Å². The number of ketones is 1. The molecule has 3 N–H and O–H groups in total. The summed E-state index contributed by atoms with van der Waals surface area (Å²) in [5.41, 5.74) is 5.93. The van der Waals surface area contributed by atoms with Crippen LogP contribution < -0.4 is 10.6 Å². The number of piperazine rings is 1. The number of aryl methyl sites for hydroxylation is 1. The normalized spacial score (nSPS) is 16.9. The molecule has 6 nitrogen and oxygen atoms in total. The molecule has 37 heavy (non-hydrogen) atoms. The minimum Gasteiger partial charge on any atom is -0.322 e. The van der Waals surface area contributed by atoms with E-state index in [1.807, 2.05) is 44.2 Å². The number of carbonyl (C=O) groups is 2. The Morgan fingerprint density at radius 1 is 1.19 bits per heavy atom. The smallest absolute Gasteiger partial charge is 0.255 e. The van der Waals surface area contributed by atoms with Gasteiger partial charge in [0.2, 0.25) is 0 Å². The molecule has 1 unspecified atom stereocenters. The molecule has 0 aliphatic carbocycles. The van der Waals surface area contributed by atoms with Crippen molar-refractivity contribution >= 4 is 23.1 Å². The number of anilines is 1. The fourth-order valence-corrected chi connectivity index (χ4v) is 4.66. The summed E-state index contributed by atoms with van der Waals surface area (Å²) in [6.45, 7) is 17.8. The third-order valence-electron chi connectivity index (χ3n) is 6.92. The maximum Gasteiger partial charge on any atom is 0.255 e. The summed E-state index contributed by atoms with van der Waals surface area (Å²) in [5.74, 6) is -0.199. The highest BCUT2D eigenvalue weighted by molar-refractivity contribution is 6.12. The summed E-state index contributed by atoms with van der Waals surface area (Å²) >= 11 is 0. The minimum atomic E-state index is -0.170. The van der Waals surface area contributed by atoms with Gasteiger partial charge in [0.1, 0.15) is 0 Å². The fraction of sp³-hybridized carbons (Fsp3) is 0.452. The number of Topliss-reactive ketones (excluding diaryl/α,β-unsaturated/α-hetero) is 1. The molecule has 0 spiro atoms. The summed E-state index contributed by atoms with van der Waals surface area (Å²) in [6, 6.07) is 12.2. The van der Waals surface area contributed by atoms with E-state index in [9.17, 15) is 9.59 Å². The first-order chi connectivity index (χ1) is 17.4. The van der Waals surface area contributed by atoms with Crippen LogP contribution in [-0.4, -0.2) is 48.0 Å². The van der Waals surface area contributed by atoms with Gasteiger partial charge in [-0.05, 0) is 85.2 Å². The van der Waals surface area contributed by atoms with Gasteiger partial charge in [-0.2, -0.15) is 0 Å². The Morgan fingerprint density at radius 2 is 1.92 bits per heavy atom. The molecule has 1 aliphatic heterocycles. The van der Waals surface area contributed by atoms with Crippen LogP contribution in [0.5, 0.6) is 0 Å². The lowest BCUT2D eigenvalue weighted by Crippen LogP contribution is -2.48. The van der Waals surface area contributed by atoms with Gasteiger partial charge in [0.05, 0.1) is 5.71 Å². The van der Waals surface area contributed by atoms with Crippen molar-refractivity contribution in [2.75, 3.05) is 25.0 Å². The first-order valence-electron chi connectivity index (χ1n) is 13.2. The zero-order valence-electron chi connectivity index (χ0n) is 23.4. The summed E-state index contributed by atoms with van der Waals surface area (Å²) < 4.78 is 0. The molecular formula is C31H42N4O2. The van der Waals surface area contributed by atoms with Crippen LogP contribution in [0.4, 0.5) is 5.69 Å². The summed E-state index contributed by atoms with van der Waals surface area (Å²) in [4.78, 5) is 27.7. The van der Waals surface area contributed by atoms with E-state index in [-0.39, 0.29) is 22.8 Å². The van der Waals surface area contributed by atoms with E-state index in [0.717, 1.165) is 42.9 Å². The Hall–Kier alpha value is -3.09. The Balaban J connectivity index is 1.88. The van der Waals surface area contributed by atoms with Gasteiger partial charge < -0.3 is 16.0 Å². The van der Waals surface area contributed by atoms with Crippen molar-refractivity contribution in [3.8, 4) is 0 Å². The van der Waals surface area contributed by atoms with Gasteiger partial charge in [0, 0.05) is 49.0 Å². The van der Waals surface area contributed by atoms with Gasteiger partial charge in [-0.3, -0.25) is 14.5 Å². The Bertz CT molecular complexity index is 1210. The van der Waals surface area contributed by atoms with Crippen molar-refractivity contribution in [2.24, 2.45) is 0 Å². The lowest BCUT2D eigenvalue weighted by atomic mass is 9.85. The Labute approximate surface area is 222 Å². The average Bonchev–Trinajstić information content (AvgIpc) is 2.82. The predicted octanol–water partition coefficient (Wildman–Crippen LogP) is 5.63. The molecule has 6 heteroatoms. The molecule has 3 rings (SSSR count). The van der Waals surface area contributed by atoms with Crippen LogP contribution in [0.25, 0.3) is 0 Å². The SMILES string of the molecule is CC/C(=C\C(=N)c1cc(NC(=O)c2cc(CN3CCNC(C)C3)cc(C(C)(C)C)c2)ccc1C)C(C)=O. The molecule has 0 bridgehead atoms. The van der Waals surface area contributed by atoms with Gasteiger partial charge >= 0.3 is 0 Å². The second-order valence-electron chi connectivity index (χ2n) is 11.2. The third-order valence-corrected chi connectivity index (χ3v) is 6.92. The topological polar surface area (TPSA) is 85.3 Å². The summed E-state index contributed by atoms with van der Waals surface area (Å²) in [5, 5.41) is 15.1. The molecule has 2 aromatic rings. The monoisotopic (exact) mass is 502 g/mol. The number of rotatable bonds is 8. The number of allylic oxidation sites excluding steroid dienone is 2. The lowest BCUT2D eigenvalue weighted by molar-refractivity contribution is -0.113. The van der Waals surface area contributed by atoms with Gasteiger partial charge in [0.25, 0.3) is 5.91 Å².